The van der Waals surface area contributed by atoms with Gasteiger partial charge < -0.3 is 9.84 Å². The van der Waals surface area contributed by atoms with Crippen LogP contribution in [0.4, 0.5) is 0 Å². The van der Waals surface area contributed by atoms with Gasteiger partial charge in [-0.15, -0.1) is 0 Å². The second kappa shape index (κ2) is 12.0. The standard InChI is InChI=1S/C26H32N2O2/c1-2-3-4-5-6-7-8-9-18-30-25-19-27-26(28-20-25)23-12-10-21(11-13-23)22-14-16-24(29)17-15-22/h10-17,19-20,29H,2-9,18H2,1H3. The lowest BCUT2D eigenvalue weighted by atomic mass is 10.0. The summed E-state index contributed by atoms with van der Waals surface area (Å²) in [6.07, 6.45) is 13.8. The molecule has 1 aromatic heterocycles. The third kappa shape index (κ3) is 6.87. The molecule has 4 heteroatoms. The van der Waals surface area contributed by atoms with Crippen LogP contribution in [-0.4, -0.2) is 21.7 Å². The highest BCUT2D eigenvalue weighted by Crippen LogP contribution is 2.25. The summed E-state index contributed by atoms with van der Waals surface area (Å²) in [4.78, 5) is 8.90. The Bertz CT molecular complexity index is 859. The monoisotopic (exact) mass is 404 g/mol. The molecule has 0 bridgehead atoms. The van der Waals surface area contributed by atoms with Gasteiger partial charge in [0.05, 0.1) is 19.0 Å². The van der Waals surface area contributed by atoms with Crippen molar-refractivity contribution in [3.63, 3.8) is 0 Å². The number of phenols is 1. The molecule has 158 valence electrons. The number of nitrogens with zero attached hydrogens (tertiary/aromatic N) is 2. The van der Waals surface area contributed by atoms with Gasteiger partial charge in [-0.1, -0.05) is 88.3 Å². The molecule has 0 saturated heterocycles. The van der Waals surface area contributed by atoms with E-state index < -0.39 is 0 Å². The van der Waals surface area contributed by atoms with E-state index >= 15 is 0 Å². The van der Waals surface area contributed by atoms with Gasteiger partial charge in [0.2, 0.25) is 0 Å². The van der Waals surface area contributed by atoms with Gasteiger partial charge in [0.15, 0.2) is 11.6 Å². The first kappa shape index (κ1) is 21.8. The molecule has 1 heterocycles. The Kier molecular flexibility index (Phi) is 8.70. The summed E-state index contributed by atoms with van der Waals surface area (Å²) < 4.78 is 5.78. The molecule has 0 amide bonds. The fourth-order valence-corrected chi connectivity index (χ4v) is 3.43. The number of aromatic nitrogens is 2. The second-order valence-corrected chi connectivity index (χ2v) is 7.69. The summed E-state index contributed by atoms with van der Waals surface area (Å²) in [7, 11) is 0. The molecule has 0 aliphatic heterocycles. The molecular formula is C26H32N2O2. The maximum absolute atomic E-state index is 9.42. The molecule has 0 atom stereocenters. The summed E-state index contributed by atoms with van der Waals surface area (Å²) in [5, 5.41) is 9.42. The summed E-state index contributed by atoms with van der Waals surface area (Å²) in [5.41, 5.74) is 3.11. The molecule has 1 N–H and O–H groups in total. The minimum absolute atomic E-state index is 0.272. The van der Waals surface area contributed by atoms with Crippen molar-refractivity contribution in [3.05, 3.63) is 60.9 Å². The third-order valence-corrected chi connectivity index (χ3v) is 5.24. The van der Waals surface area contributed by atoms with Crippen molar-refractivity contribution in [3.8, 4) is 34.0 Å². The Morgan fingerprint density at radius 2 is 1.17 bits per heavy atom. The number of hydrogen-bond acceptors (Lipinski definition) is 4. The van der Waals surface area contributed by atoms with Crippen LogP contribution in [0.15, 0.2) is 60.9 Å². The lowest BCUT2D eigenvalue weighted by Gasteiger charge is -2.07. The van der Waals surface area contributed by atoms with Crippen molar-refractivity contribution in [1.82, 2.24) is 9.97 Å². The largest absolute Gasteiger partial charge is 0.508 e. The predicted molar refractivity (Wildman–Crippen MR) is 123 cm³/mol. The number of benzene rings is 2. The number of hydrogen-bond donors (Lipinski definition) is 1. The molecule has 0 aliphatic carbocycles. The van der Waals surface area contributed by atoms with Gasteiger partial charge >= 0.3 is 0 Å². The molecule has 30 heavy (non-hydrogen) atoms. The first-order valence-electron chi connectivity index (χ1n) is 11.1. The van der Waals surface area contributed by atoms with Gasteiger partial charge in [-0.05, 0) is 29.7 Å². The molecule has 2 aromatic carbocycles. The summed E-state index contributed by atoms with van der Waals surface area (Å²) in [5.74, 6) is 1.68. The van der Waals surface area contributed by atoms with Gasteiger partial charge in [0, 0.05) is 5.56 Å². The first-order chi connectivity index (χ1) is 14.8. The van der Waals surface area contributed by atoms with E-state index in [0.29, 0.717) is 5.82 Å². The Morgan fingerprint density at radius 3 is 1.77 bits per heavy atom. The van der Waals surface area contributed by atoms with E-state index in [2.05, 4.69) is 16.9 Å². The lowest BCUT2D eigenvalue weighted by Crippen LogP contribution is -1.99. The van der Waals surface area contributed by atoms with Crippen LogP contribution >= 0.6 is 0 Å². The normalized spacial score (nSPS) is 10.8. The van der Waals surface area contributed by atoms with Crippen molar-refractivity contribution < 1.29 is 9.84 Å². The van der Waals surface area contributed by atoms with Crippen LogP contribution in [0.5, 0.6) is 11.5 Å². The molecule has 4 nitrogen and oxygen atoms in total. The fraction of sp³-hybridized carbons (Fsp3) is 0.385. The van der Waals surface area contributed by atoms with Crippen LogP contribution in [0.25, 0.3) is 22.5 Å². The van der Waals surface area contributed by atoms with Crippen molar-refractivity contribution >= 4 is 0 Å². The topological polar surface area (TPSA) is 55.2 Å². The summed E-state index contributed by atoms with van der Waals surface area (Å²) in [6, 6.07) is 15.3. The smallest absolute Gasteiger partial charge is 0.159 e. The average molecular weight is 405 g/mol. The van der Waals surface area contributed by atoms with Gasteiger partial charge in [-0.25, -0.2) is 9.97 Å². The number of unbranched alkanes of at least 4 members (excludes halogenated alkanes) is 7. The average Bonchev–Trinajstić information content (AvgIpc) is 2.79. The second-order valence-electron chi connectivity index (χ2n) is 7.69. The van der Waals surface area contributed by atoms with Crippen LogP contribution in [0, 0.1) is 0 Å². The number of aromatic hydroxyl groups is 1. The predicted octanol–water partition coefficient (Wildman–Crippen LogP) is 7.04. The van der Waals surface area contributed by atoms with E-state index in [4.69, 9.17) is 4.74 Å². The Labute approximate surface area is 180 Å². The number of rotatable bonds is 12. The van der Waals surface area contributed by atoms with Crippen molar-refractivity contribution in [1.29, 1.82) is 0 Å². The van der Waals surface area contributed by atoms with Crippen molar-refractivity contribution in [2.45, 2.75) is 58.3 Å². The molecule has 0 saturated carbocycles. The van der Waals surface area contributed by atoms with E-state index in [0.717, 1.165) is 35.5 Å². The van der Waals surface area contributed by atoms with E-state index in [9.17, 15) is 5.11 Å². The molecule has 0 aliphatic rings. The van der Waals surface area contributed by atoms with Gasteiger partial charge in [-0.2, -0.15) is 0 Å². The molecule has 0 unspecified atom stereocenters. The van der Waals surface area contributed by atoms with Crippen molar-refractivity contribution in [2.75, 3.05) is 6.61 Å². The first-order valence-corrected chi connectivity index (χ1v) is 11.1. The number of ether oxygens (including phenoxy) is 1. The van der Waals surface area contributed by atoms with E-state index in [1.165, 1.54) is 44.9 Å². The SMILES string of the molecule is CCCCCCCCCCOc1cnc(-c2ccc(-c3ccc(O)cc3)cc2)nc1. The zero-order chi connectivity index (χ0) is 21.0. The highest BCUT2D eigenvalue weighted by molar-refractivity contribution is 5.68. The van der Waals surface area contributed by atoms with Crippen LogP contribution in [0.2, 0.25) is 0 Å². The van der Waals surface area contributed by atoms with Crippen molar-refractivity contribution in [2.24, 2.45) is 0 Å². The third-order valence-electron chi connectivity index (χ3n) is 5.24. The van der Waals surface area contributed by atoms with Crippen LogP contribution in [0.1, 0.15) is 58.3 Å². The lowest BCUT2D eigenvalue weighted by molar-refractivity contribution is 0.302. The highest BCUT2D eigenvalue weighted by atomic mass is 16.5. The Morgan fingerprint density at radius 1 is 0.667 bits per heavy atom. The highest BCUT2D eigenvalue weighted by Gasteiger charge is 2.04. The Hall–Kier alpha value is -2.88. The van der Waals surface area contributed by atoms with Gasteiger partial charge in [0.25, 0.3) is 0 Å². The zero-order valence-corrected chi connectivity index (χ0v) is 17.9. The maximum Gasteiger partial charge on any atom is 0.159 e. The van der Waals surface area contributed by atoms with Gasteiger partial charge in [0.1, 0.15) is 5.75 Å². The molecule has 3 aromatic rings. The molecule has 0 radical (unpaired) electrons. The molecule has 0 spiro atoms. The number of phenolic OH excluding ortho intramolecular Hbond substituents is 1. The molecule has 0 fully saturated rings. The Balaban J connectivity index is 1.42. The van der Waals surface area contributed by atoms with Crippen LogP contribution in [-0.2, 0) is 0 Å². The van der Waals surface area contributed by atoms with Crippen LogP contribution < -0.4 is 4.74 Å². The van der Waals surface area contributed by atoms with E-state index in [1.54, 1.807) is 24.5 Å². The van der Waals surface area contributed by atoms with E-state index in [1.807, 2.05) is 36.4 Å². The zero-order valence-electron chi connectivity index (χ0n) is 17.9. The maximum atomic E-state index is 9.42. The minimum atomic E-state index is 0.272. The summed E-state index contributed by atoms with van der Waals surface area (Å²) in [6.45, 7) is 2.97. The summed E-state index contributed by atoms with van der Waals surface area (Å²) >= 11 is 0. The van der Waals surface area contributed by atoms with Gasteiger partial charge in [-0.3, -0.25) is 0 Å². The van der Waals surface area contributed by atoms with Crippen LogP contribution in [0.3, 0.4) is 0 Å². The molecular weight excluding hydrogens is 372 g/mol. The fourth-order valence-electron chi connectivity index (χ4n) is 3.43. The van der Waals surface area contributed by atoms with E-state index in [-0.39, 0.29) is 5.75 Å². The quantitative estimate of drug-likeness (QED) is 0.329. The minimum Gasteiger partial charge on any atom is -0.508 e. The molecule has 3 rings (SSSR count).